The van der Waals surface area contributed by atoms with Crippen LogP contribution in [0, 0.1) is 0 Å². The van der Waals surface area contributed by atoms with Gasteiger partial charge >= 0.3 is 23.9 Å². The number of hydrogen-bond acceptors (Lipinski definition) is 7. The van der Waals surface area contributed by atoms with Crippen LogP contribution in [0.1, 0.15) is 12.5 Å². The lowest BCUT2D eigenvalue weighted by molar-refractivity contribution is -0.159. The number of likely N-dealkylation sites (N-methyl/N-ethyl adjacent to an activating group) is 1. The number of carbonyl (C=O) groups excluding carboxylic acids is 1. The molecule has 12 nitrogen and oxygen atoms in total. The summed E-state index contributed by atoms with van der Waals surface area (Å²) in [6.45, 7) is 6.78. The second kappa shape index (κ2) is 12.4. The molecule has 2 aliphatic rings. The van der Waals surface area contributed by atoms with Gasteiger partial charge in [0.15, 0.2) is 0 Å². The van der Waals surface area contributed by atoms with Crippen LogP contribution in [0.3, 0.4) is 0 Å². The Morgan fingerprint density at radius 1 is 0.844 bits per heavy atom. The first-order valence-electron chi connectivity index (χ1n) is 9.67. The largest absolute Gasteiger partial charge is 0.473 e. The zero-order chi connectivity index (χ0) is 24.4. The second-order valence-electron chi connectivity index (χ2n) is 7.25. The summed E-state index contributed by atoms with van der Waals surface area (Å²) < 4.78 is 0. The van der Waals surface area contributed by atoms with Gasteiger partial charge in [-0.05, 0) is 32.0 Å². The summed E-state index contributed by atoms with van der Waals surface area (Å²) in [7, 11) is 2.14. The van der Waals surface area contributed by atoms with E-state index in [1.54, 1.807) is 0 Å². The molecule has 1 amide bonds. The molecule has 2 aliphatic heterocycles. The van der Waals surface area contributed by atoms with Crippen molar-refractivity contribution >= 4 is 35.5 Å². The maximum absolute atomic E-state index is 12.6. The van der Waals surface area contributed by atoms with Crippen LogP contribution in [-0.2, 0) is 30.4 Å². The van der Waals surface area contributed by atoms with Crippen molar-refractivity contribution in [3.05, 3.63) is 29.8 Å². The number of aliphatic carboxylic acids is 4. The molecule has 0 aromatic heterocycles. The van der Waals surface area contributed by atoms with Crippen LogP contribution in [-0.4, -0.2) is 106 Å². The quantitative estimate of drug-likeness (QED) is 0.426. The summed E-state index contributed by atoms with van der Waals surface area (Å²) >= 11 is 0. The summed E-state index contributed by atoms with van der Waals surface area (Å²) in [6.07, 6.45) is 0.977. The number of piperazine rings is 1. The number of rotatable bonds is 2. The van der Waals surface area contributed by atoms with Crippen molar-refractivity contribution < 1.29 is 44.4 Å². The van der Waals surface area contributed by atoms with Gasteiger partial charge in [-0.2, -0.15) is 0 Å². The standard InChI is InChI=1S/C16H23N3O.2C2H2O4/c1-13-11-14-5-3-4-6-15(14)19(13)16(20)12-18-9-7-17(2)8-10-18;2*3-1(4)2(5)6/h3-6,13H,7-12H2,1-2H3;2*(H,3,4)(H,5,6). The lowest BCUT2D eigenvalue weighted by atomic mass is 10.1. The lowest BCUT2D eigenvalue weighted by Crippen LogP contribution is -2.49. The van der Waals surface area contributed by atoms with E-state index in [1.807, 2.05) is 11.0 Å². The highest BCUT2D eigenvalue weighted by Gasteiger charge is 2.31. The normalized spacial score (nSPS) is 17.7. The number of nitrogens with zero attached hydrogens (tertiary/aromatic N) is 3. The molecule has 0 radical (unpaired) electrons. The molecule has 1 atom stereocenters. The molecule has 1 aromatic rings. The number of anilines is 1. The molecule has 3 rings (SSSR count). The predicted molar refractivity (Wildman–Crippen MR) is 112 cm³/mol. The number of benzene rings is 1. The van der Waals surface area contributed by atoms with Gasteiger partial charge in [-0.15, -0.1) is 0 Å². The highest BCUT2D eigenvalue weighted by atomic mass is 16.4. The third-order valence-electron chi connectivity index (χ3n) is 4.80. The topological polar surface area (TPSA) is 176 Å². The maximum Gasteiger partial charge on any atom is 0.414 e. The Balaban J connectivity index is 0.000000355. The van der Waals surface area contributed by atoms with Crippen LogP contribution in [0.5, 0.6) is 0 Å². The van der Waals surface area contributed by atoms with Crippen LogP contribution in [0.2, 0.25) is 0 Å². The highest BCUT2D eigenvalue weighted by Crippen LogP contribution is 2.31. The summed E-state index contributed by atoms with van der Waals surface area (Å²) in [5.41, 5.74) is 2.41. The smallest absolute Gasteiger partial charge is 0.414 e. The zero-order valence-corrected chi connectivity index (χ0v) is 17.8. The molecule has 1 saturated heterocycles. The predicted octanol–water partition coefficient (Wildman–Crippen LogP) is -0.477. The van der Waals surface area contributed by atoms with Crippen LogP contribution in [0.25, 0.3) is 0 Å². The van der Waals surface area contributed by atoms with Gasteiger partial charge in [0, 0.05) is 37.9 Å². The van der Waals surface area contributed by atoms with Crippen molar-refractivity contribution in [2.24, 2.45) is 0 Å². The Bertz CT molecular complexity index is 802. The average molecular weight is 453 g/mol. The summed E-state index contributed by atoms with van der Waals surface area (Å²) in [5.74, 6) is -7.05. The van der Waals surface area contributed by atoms with Crippen molar-refractivity contribution in [2.45, 2.75) is 19.4 Å². The van der Waals surface area contributed by atoms with Gasteiger partial charge in [-0.25, -0.2) is 19.2 Å². The number of amides is 1. The van der Waals surface area contributed by atoms with E-state index in [0.717, 1.165) is 38.3 Å². The molecule has 2 heterocycles. The second-order valence-corrected chi connectivity index (χ2v) is 7.25. The molecule has 0 spiro atoms. The molecule has 0 aliphatic carbocycles. The van der Waals surface area contributed by atoms with E-state index in [-0.39, 0.29) is 11.9 Å². The number of carboxylic acid groups (broad SMARTS) is 4. The molecule has 1 fully saturated rings. The van der Waals surface area contributed by atoms with Crippen LogP contribution in [0.15, 0.2) is 24.3 Å². The Kier molecular flexibility index (Phi) is 10.3. The number of hydrogen-bond donors (Lipinski definition) is 4. The fraction of sp³-hybridized carbons (Fsp3) is 0.450. The van der Waals surface area contributed by atoms with E-state index in [0.29, 0.717) is 6.54 Å². The van der Waals surface area contributed by atoms with Crippen LogP contribution < -0.4 is 4.90 Å². The molecule has 12 heteroatoms. The minimum Gasteiger partial charge on any atom is -0.473 e. The third kappa shape index (κ3) is 8.32. The molecule has 4 N–H and O–H groups in total. The van der Waals surface area contributed by atoms with Crippen molar-refractivity contribution in [1.82, 2.24) is 9.80 Å². The monoisotopic (exact) mass is 453 g/mol. The van der Waals surface area contributed by atoms with Gasteiger partial charge in [0.05, 0.1) is 6.54 Å². The molecular weight excluding hydrogens is 426 g/mol. The molecule has 0 bridgehead atoms. The first kappa shape index (κ1) is 26.5. The first-order valence-corrected chi connectivity index (χ1v) is 9.67. The van der Waals surface area contributed by atoms with E-state index in [4.69, 9.17) is 39.6 Å². The molecule has 32 heavy (non-hydrogen) atoms. The van der Waals surface area contributed by atoms with E-state index < -0.39 is 23.9 Å². The molecule has 1 aromatic carbocycles. The Labute approximate surface area is 184 Å². The van der Waals surface area contributed by atoms with E-state index in [1.165, 1.54) is 5.56 Å². The number of carboxylic acids is 4. The zero-order valence-electron chi connectivity index (χ0n) is 17.8. The van der Waals surface area contributed by atoms with E-state index in [2.05, 4.69) is 42.0 Å². The Morgan fingerprint density at radius 2 is 1.31 bits per heavy atom. The first-order chi connectivity index (χ1) is 14.9. The number of carbonyl (C=O) groups is 5. The molecular formula is C20H27N3O9. The van der Waals surface area contributed by atoms with Crippen molar-refractivity contribution in [3.63, 3.8) is 0 Å². The van der Waals surface area contributed by atoms with Crippen molar-refractivity contribution in [3.8, 4) is 0 Å². The van der Waals surface area contributed by atoms with Gasteiger partial charge in [-0.3, -0.25) is 9.69 Å². The van der Waals surface area contributed by atoms with Crippen molar-refractivity contribution in [2.75, 3.05) is 44.7 Å². The minimum absolute atomic E-state index is 0.243. The summed E-state index contributed by atoms with van der Waals surface area (Å²) in [5, 5.41) is 29.6. The van der Waals surface area contributed by atoms with Crippen LogP contribution in [0.4, 0.5) is 5.69 Å². The fourth-order valence-electron chi connectivity index (χ4n) is 3.22. The molecule has 0 saturated carbocycles. The van der Waals surface area contributed by atoms with E-state index >= 15 is 0 Å². The highest BCUT2D eigenvalue weighted by molar-refractivity contribution is 6.27. The molecule has 1 unspecified atom stereocenters. The number of fused-ring (bicyclic) bond motifs is 1. The SMILES string of the molecule is CC1Cc2ccccc2N1C(=O)CN1CCN(C)CC1.O=C(O)C(=O)O.O=C(O)C(=O)O. The average Bonchev–Trinajstić information content (AvgIpc) is 3.06. The minimum atomic E-state index is -1.82. The van der Waals surface area contributed by atoms with Gasteiger partial charge in [0.25, 0.3) is 0 Å². The van der Waals surface area contributed by atoms with Gasteiger partial charge < -0.3 is 30.2 Å². The maximum atomic E-state index is 12.6. The van der Waals surface area contributed by atoms with Gasteiger partial charge in [0.2, 0.25) is 5.91 Å². The van der Waals surface area contributed by atoms with Crippen LogP contribution >= 0.6 is 0 Å². The Hall–Kier alpha value is -3.51. The number of para-hydroxylation sites is 1. The van der Waals surface area contributed by atoms with Gasteiger partial charge in [-0.1, -0.05) is 18.2 Å². The summed E-state index contributed by atoms with van der Waals surface area (Å²) in [6, 6.07) is 8.57. The third-order valence-corrected chi connectivity index (χ3v) is 4.80. The van der Waals surface area contributed by atoms with Gasteiger partial charge in [0.1, 0.15) is 0 Å². The lowest BCUT2D eigenvalue weighted by Gasteiger charge is -2.33. The summed E-state index contributed by atoms with van der Waals surface area (Å²) in [4.78, 5) is 55.6. The molecule has 176 valence electrons. The Morgan fingerprint density at radius 3 is 1.78 bits per heavy atom. The van der Waals surface area contributed by atoms with Crippen molar-refractivity contribution in [1.29, 1.82) is 0 Å². The van der Waals surface area contributed by atoms with E-state index in [9.17, 15) is 4.79 Å². The fourth-order valence-corrected chi connectivity index (χ4v) is 3.22.